The second-order valence-corrected chi connectivity index (χ2v) is 10.8. The number of alkyl halides is 3. The van der Waals surface area contributed by atoms with E-state index in [1.165, 1.54) is 17.7 Å². The van der Waals surface area contributed by atoms with E-state index in [4.69, 9.17) is 4.74 Å². The number of benzene rings is 2. The van der Waals surface area contributed by atoms with E-state index >= 15 is 0 Å². The van der Waals surface area contributed by atoms with Crippen molar-refractivity contribution in [1.82, 2.24) is 4.98 Å². The fourth-order valence-electron chi connectivity index (χ4n) is 6.89. The summed E-state index contributed by atoms with van der Waals surface area (Å²) in [5, 5.41) is 9.30. The zero-order valence-corrected chi connectivity index (χ0v) is 19.4. The highest BCUT2D eigenvalue weighted by atomic mass is 19.4. The molecule has 0 saturated heterocycles. The number of carboxylic acids is 1. The van der Waals surface area contributed by atoms with E-state index in [2.05, 4.69) is 11.1 Å². The Kier molecular flexibility index (Phi) is 4.46. The number of carboxylic acid groups (broad SMARTS) is 1. The minimum atomic E-state index is -4.39. The number of fused-ring (bicyclic) bond motifs is 5. The number of rotatable bonds is 5. The van der Waals surface area contributed by atoms with Gasteiger partial charge in [0.25, 0.3) is 0 Å². The van der Waals surface area contributed by atoms with Gasteiger partial charge in [-0.25, -0.2) is 4.98 Å². The van der Waals surface area contributed by atoms with Gasteiger partial charge < -0.3 is 9.84 Å². The highest BCUT2D eigenvalue weighted by Crippen LogP contribution is 2.63. The SMILES string of the molecule is O=C(O)C1C2Cc3cc(OCc4ccc5c(c4)C(c4ccccc4C(F)(F)F)CC54CC4)ncc3C21. The molecule has 4 aliphatic carbocycles. The van der Waals surface area contributed by atoms with Gasteiger partial charge in [-0.15, -0.1) is 0 Å². The van der Waals surface area contributed by atoms with Crippen LogP contribution < -0.4 is 4.74 Å². The fraction of sp³-hybridized carbons (Fsp3) is 0.379. The minimum Gasteiger partial charge on any atom is -0.481 e. The number of ether oxygens (including phenoxy) is 1. The Labute approximate surface area is 206 Å². The van der Waals surface area contributed by atoms with Crippen molar-refractivity contribution in [2.75, 3.05) is 0 Å². The van der Waals surface area contributed by atoms with Gasteiger partial charge >= 0.3 is 12.1 Å². The summed E-state index contributed by atoms with van der Waals surface area (Å²) in [5.41, 5.74) is 4.98. The first-order valence-electron chi connectivity index (χ1n) is 12.4. The first-order chi connectivity index (χ1) is 17.2. The number of pyridine rings is 1. The van der Waals surface area contributed by atoms with E-state index in [0.717, 1.165) is 41.5 Å². The monoisotopic (exact) mass is 491 g/mol. The molecule has 0 radical (unpaired) electrons. The summed E-state index contributed by atoms with van der Waals surface area (Å²) in [4.78, 5) is 15.7. The molecule has 1 spiro atoms. The Morgan fingerprint density at radius 2 is 1.89 bits per heavy atom. The van der Waals surface area contributed by atoms with E-state index in [1.54, 1.807) is 18.3 Å². The Bertz CT molecular complexity index is 1410. The molecule has 2 saturated carbocycles. The predicted molar refractivity (Wildman–Crippen MR) is 125 cm³/mol. The van der Waals surface area contributed by atoms with E-state index in [9.17, 15) is 23.1 Å². The zero-order valence-electron chi connectivity index (χ0n) is 19.4. The number of aromatic nitrogens is 1. The van der Waals surface area contributed by atoms with Crippen LogP contribution in [0.3, 0.4) is 0 Å². The average Bonchev–Trinajstić information content (AvgIpc) is 3.72. The van der Waals surface area contributed by atoms with Gasteiger partial charge in [0.15, 0.2) is 0 Å². The van der Waals surface area contributed by atoms with Gasteiger partial charge in [-0.3, -0.25) is 4.79 Å². The highest BCUT2D eigenvalue weighted by molar-refractivity contribution is 5.77. The third-order valence-corrected chi connectivity index (χ3v) is 8.81. The van der Waals surface area contributed by atoms with Crippen LogP contribution in [0.2, 0.25) is 0 Å². The van der Waals surface area contributed by atoms with Crippen LogP contribution in [-0.2, 0) is 29.4 Å². The molecule has 7 heteroatoms. The third kappa shape index (κ3) is 3.28. The topological polar surface area (TPSA) is 59.4 Å². The van der Waals surface area contributed by atoms with Crippen molar-refractivity contribution in [2.24, 2.45) is 11.8 Å². The van der Waals surface area contributed by atoms with E-state index in [-0.39, 0.29) is 35.7 Å². The largest absolute Gasteiger partial charge is 0.481 e. The first-order valence-corrected chi connectivity index (χ1v) is 12.4. The summed E-state index contributed by atoms with van der Waals surface area (Å²) in [6.07, 6.45) is 0.834. The molecule has 1 N–H and O–H groups in total. The summed E-state index contributed by atoms with van der Waals surface area (Å²) in [5.74, 6) is -0.591. The van der Waals surface area contributed by atoms with Crippen LogP contribution in [0.1, 0.15) is 70.0 Å². The number of hydrogen-bond donors (Lipinski definition) is 1. The standard InChI is InChI=1S/C29H24F3NO3/c30-29(31,32)23-4-2-1-3-17(23)20-12-28(7-8-28)22-6-5-15(9-18(20)22)14-36-24-11-16-10-19-25(21(16)13-33-24)26(19)27(34)35/h1-6,9,11,13,19-20,25-26H,7-8,10,12,14H2,(H,34,35). The molecular weight excluding hydrogens is 467 g/mol. The Morgan fingerprint density at radius 3 is 2.64 bits per heavy atom. The smallest absolute Gasteiger partial charge is 0.416 e. The summed E-state index contributed by atoms with van der Waals surface area (Å²) in [6.45, 7) is 0.268. The maximum atomic E-state index is 13.8. The van der Waals surface area contributed by atoms with Crippen LogP contribution in [0.5, 0.6) is 5.88 Å². The molecule has 4 aliphatic rings. The predicted octanol–water partition coefficient (Wildman–Crippen LogP) is 6.22. The molecule has 0 bridgehead atoms. The van der Waals surface area contributed by atoms with Gasteiger partial charge in [-0.2, -0.15) is 13.2 Å². The molecule has 3 aromatic rings. The second kappa shape index (κ2) is 7.34. The number of hydrogen-bond acceptors (Lipinski definition) is 3. The quantitative estimate of drug-likeness (QED) is 0.461. The zero-order chi connectivity index (χ0) is 24.8. The summed E-state index contributed by atoms with van der Waals surface area (Å²) in [7, 11) is 0. The normalized spacial score (nSPS) is 26.3. The van der Waals surface area contributed by atoms with Crippen LogP contribution in [-0.4, -0.2) is 16.1 Å². The van der Waals surface area contributed by atoms with Gasteiger partial charge in [0.05, 0.1) is 11.5 Å². The van der Waals surface area contributed by atoms with Gasteiger partial charge in [-0.05, 0) is 76.5 Å². The molecule has 1 aromatic heterocycles. The minimum absolute atomic E-state index is 0.00822. The van der Waals surface area contributed by atoms with Gasteiger partial charge in [0.1, 0.15) is 6.61 Å². The lowest BCUT2D eigenvalue weighted by Crippen LogP contribution is -2.12. The van der Waals surface area contributed by atoms with Crippen molar-refractivity contribution in [3.05, 3.63) is 93.7 Å². The Hall–Kier alpha value is -3.35. The van der Waals surface area contributed by atoms with Crippen LogP contribution in [0.15, 0.2) is 54.7 Å². The van der Waals surface area contributed by atoms with Crippen molar-refractivity contribution in [3.63, 3.8) is 0 Å². The molecular formula is C29H24F3NO3. The molecule has 7 rings (SSSR count). The number of nitrogens with zero attached hydrogens (tertiary/aromatic N) is 1. The first kappa shape index (κ1) is 21.9. The molecule has 4 unspecified atom stereocenters. The van der Waals surface area contributed by atoms with Crippen LogP contribution in [0, 0.1) is 11.8 Å². The number of halogens is 3. The number of aliphatic carboxylic acids is 1. The third-order valence-electron chi connectivity index (χ3n) is 8.81. The van der Waals surface area contributed by atoms with Gasteiger partial charge in [-0.1, -0.05) is 36.4 Å². The van der Waals surface area contributed by atoms with Crippen molar-refractivity contribution >= 4 is 5.97 Å². The number of carbonyl (C=O) groups is 1. The molecule has 4 nitrogen and oxygen atoms in total. The highest BCUT2D eigenvalue weighted by Gasteiger charge is 2.60. The lowest BCUT2D eigenvalue weighted by atomic mass is 9.88. The lowest BCUT2D eigenvalue weighted by molar-refractivity contribution is -0.139. The van der Waals surface area contributed by atoms with Crippen molar-refractivity contribution in [2.45, 2.75) is 55.7 Å². The maximum Gasteiger partial charge on any atom is 0.416 e. The molecule has 2 fully saturated rings. The van der Waals surface area contributed by atoms with Crippen LogP contribution in [0.25, 0.3) is 0 Å². The van der Waals surface area contributed by atoms with E-state index in [0.29, 0.717) is 17.9 Å². The Balaban J connectivity index is 1.14. The molecule has 1 heterocycles. The summed E-state index contributed by atoms with van der Waals surface area (Å²) in [6, 6.07) is 13.9. The molecule has 36 heavy (non-hydrogen) atoms. The van der Waals surface area contributed by atoms with Crippen LogP contribution >= 0.6 is 0 Å². The molecule has 184 valence electrons. The van der Waals surface area contributed by atoms with E-state index < -0.39 is 17.7 Å². The summed E-state index contributed by atoms with van der Waals surface area (Å²) >= 11 is 0. The fourth-order valence-corrected chi connectivity index (χ4v) is 6.89. The summed E-state index contributed by atoms with van der Waals surface area (Å²) < 4.78 is 47.4. The van der Waals surface area contributed by atoms with Crippen molar-refractivity contribution < 1.29 is 27.8 Å². The molecule has 2 aromatic carbocycles. The van der Waals surface area contributed by atoms with Crippen LogP contribution in [0.4, 0.5) is 13.2 Å². The molecule has 4 atom stereocenters. The lowest BCUT2D eigenvalue weighted by Gasteiger charge is -2.19. The van der Waals surface area contributed by atoms with Gasteiger partial charge in [0.2, 0.25) is 5.88 Å². The molecule has 0 amide bonds. The second-order valence-electron chi connectivity index (χ2n) is 10.8. The maximum absolute atomic E-state index is 13.8. The van der Waals surface area contributed by atoms with Gasteiger partial charge in [0, 0.05) is 24.1 Å². The van der Waals surface area contributed by atoms with Crippen molar-refractivity contribution in [3.8, 4) is 5.88 Å². The molecule has 0 aliphatic heterocycles. The van der Waals surface area contributed by atoms with Crippen molar-refractivity contribution in [1.29, 1.82) is 0 Å². The van der Waals surface area contributed by atoms with E-state index in [1.807, 2.05) is 18.2 Å². The Morgan fingerprint density at radius 1 is 1.08 bits per heavy atom. The average molecular weight is 492 g/mol.